The second-order valence-electron chi connectivity index (χ2n) is 10.3. The van der Waals surface area contributed by atoms with Crippen LogP contribution < -0.4 is 9.47 Å². The molecule has 0 saturated heterocycles. The minimum Gasteiger partial charge on any atom is -0.487 e. The summed E-state index contributed by atoms with van der Waals surface area (Å²) in [4.78, 5) is 9.20. The molecule has 1 aliphatic heterocycles. The largest absolute Gasteiger partial charge is 0.487 e. The maximum atomic E-state index is 6.24. The van der Waals surface area contributed by atoms with Crippen molar-refractivity contribution < 1.29 is 23.7 Å². The third-order valence-corrected chi connectivity index (χ3v) is 7.56. The minimum atomic E-state index is 0.170. The van der Waals surface area contributed by atoms with Gasteiger partial charge in [0.2, 0.25) is 0 Å². The summed E-state index contributed by atoms with van der Waals surface area (Å²) in [5, 5.41) is 2.36. The molecule has 0 spiro atoms. The number of rotatable bonds is 5. The van der Waals surface area contributed by atoms with Gasteiger partial charge >= 0.3 is 0 Å². The second-order valence-corrected chi connectivity index (χ2v) is 10.3. The molecule has 2 aromatic heterocycles. The molecule has 42 heavy (non-hydrogen) atoms. The van der Waals surface area contributed by atoms with E-state index in [1.165, 1.54) is 27.5 Å². The van der Waals surface area contributed by atoms with Gasteiger partial charge in [-0.1, -0.05) is 42.5 Å². The van der Waals surface area contributed by atoms with Crippen molar-refractivity contribution in [3.63, 3.8) is 0 Å². The smallest absolute Gasteiger partial charge is 0.161 e. The molecular weight excluding hydrogens is 528 g/mol. The van der Waals surface area contributed by atoms with Gasteiger partial charge in [0.15, 0.2) is 11.5 Å². The van der Waals surface area contributed by atoms with E-state index in [0.29, 0.717) is 64.4 Å². The molecule has 6 rings (SSSR count). The third kappa shape index (κ3) is 7.05. The number of hydrogen-bond donors (Lipinski definition) is 0. The van der Waals surface area contributed by atoms with Crippen LogP contribution in [0.4, 0.5) is 0 Å². The lowest BCUT2D eigenvalue weighted by molar-refractivity contribution is 0.00708. The van der Waals surface area contributed by atoms with Crippen LogP contribution in [0.1, 0.15) is 22.6 Å². The molecule has 0 amide bonds. The Balaban J connectivity index is 1.34. The molecule has 216 valence electrons. The van der Waals surface area contributed by atoms with E-state index in [2.05, 4.69) is 70.6 Å². The Kier molecular flexibility index (Phi) is 9.52. The van der Waals surface area contributed by atoms with Crippen molar-refractivity contribution in [3.05, 3.63) is 108 Å². The molecule has 7 nitrogen and oxygen atoms in total. The van der Waals surface area contributed by atoms with E-state index < -0.39 is 0 Å². The molecular formula is C35H36N2O5. The summed E-state index contributed by atoms with van der Waals surface area (Å²) in [6, 6.07) is 27.3. The first kappa shape index (κ1) is 28.1. The predicted octanol–water partition coefficient (Wildman–Crippen LogP) is 6.17. The molecule has 0 aliphatic carbocycles. The molecule has 7 heteroatoms. The third-order valence-electron chi connectivity index (χ3n) is 7.56. The standard InChI is InChI=1S/C35H36N2O5/c1-3-7-32-30(5-1)27(11-13-36-32)23-29(24-28-12-14-37-33-8-4-2-6-31(28)33)26-9-10-34-35(25-26)42-22-20-40-18-16-38-15-17-39-19-21-41-34/h1-14,25,29H,15-24H2. The zero-order chi connectivity index (χ0) is 28.4. The lowest BCUT2D eigenvalue weighted by Gasteiger charge is -2.22. The fourth-order valence-electron chi connectivity index (χ4n) is 5.48. The summed E-state index contributed by atoms with van der Waals surface area (Å²) in [6.45, 7) is 3.94. The lowest BCUT2D eigenvalue weighted by atomic mass is 9.85. The van der Waals surface area contributed by atoms with Gasteiger partial charge in [-0.3, -0.25) is 9.97 Å². The highest BCUT2D eigenvalue weighted by atomic mass is 16.6. The summed E-state index contributed by atoms with van der Waals surface area (Å²) in [6.07, 6.45) is 5.50. The summed E-state index contributed by atoms with van der Waals surface area (Å²) in [5.74, 6) is 1.59. The number of hydrogen-bond acceptors (Lipinski definition) is 7. The molecule has 0 N–H and O–H groups in total. The van der Waals surface area contributed by atoms with E-state index in [-0.39, 0.29) is 5.92 Å². The summed E-state index contributed by atoms with van der Waals surface area (Å²) >= 11 is 0. The molecule has 5 aromatic rings. The fraction of sp³-hybridized carbons (Fsp3) is 0.314. The predicted molar refractivity (Wildman–Crippen MR) is 164 cm³/mol. The van der Waals surface area contributed by atoms with Crippen LogP contribution in [0.15, 0.2) is 91.3 Å². The molecule has 0 saturated carbocycles. The van der Waals surface area contributed by atoms with E-state index in [1.54, 1.807) is 0 Å². The molecule has 0 radical (unpaired) electrons. The van der Waals surface area contributed by atoms with Gasteiger partial charge in [0, 0.05) is 23.2 Å². The maximum absolute atomic E-state index is 6.24. The van der Waals surface area contributed by atoms with Gasteiger partial charge in [-0.15, -0.1) is 0 Å². The van der Waals surface area contributed by atoms with Crippen LogP contribution in [0.2, 0.25) is 0 Å². The van der Waals surface area contributed by atoms with Crippen molar-refractivity contribution in [1.29, 1.82) is 0 Å². The van der Waals surface area contributed by atoms with Crippen LogP contribution in [0.5, 0.6) is 11.5 Å². The first-order valence-electron chi connectivity index (χ1n) is 14.6. The quantitative estimate of drug-likeness (QED) is 0.253. The molecule has 1 aliphatic rings. The second kappa shape index (κ2) is 14.2. The van der Waals surface area contributed by atoms with E-state index in [9.17, 15) is 0 Å². The topological polar surface area (TPSA) is 71.9 Å². The van der Waals surface area contributed by atoms with Gasteiger partial charge in [-0.2, -0.15) is 0 Å². The summed E-state index contributed by atoms with van der Waals surface area (Å²) in [7, 11) is 0. The van der Waals surface area contributed by atoms with Gasteiger partial charge in [0.25, 0.3) is 0 Å². The number of benzene rings is 3. The average molecular weight is 565 g/mol. The number of nitrogens with zero attached hydrogens (tertiary/aromatic N) is 2. The number of pyridine rings is 2. The van der Waals surface area contributed by atoms with Gasteiger partial charge in [-0.05, 0) is 71.8 Å². The van der Waals surface area contributed by atoms with Crippen molar-refractivity contribution in [1.82, 2.24) is 9.97 Å². The monoisotopic (exact) mass is 564 g/mol. The zero-order valence-electron chi connectivity index (χ0n) is 23.7. The highest BCUT2D eigenvalue weighted by molar-refractivity contribution is 5.83. The van der Waals surface area contributed by atoms with Crippen LogP contribution in [-0.4, -0.2) is 62.8 Å². The van der Waals surface area contributed by atoms with E-state index in [0.717, 1.165) is 23.9 Å². The summed E-state index contributed by atoms with van der Waals surface area (Å²) in [5.41, 5.74) is 5.73. The molecule has 0 unspecified atom stereocenters. The molecule has 3 heterocycles. The van der Waals surface area contributed by atoms with Crippen LogP contribution in [0.3, 0.4) is 0 Å². The van der Waals surface area contributed by atoms with Gasteiger partial charge in [-0.25, -0.2) is 0 Å². The molecule has 0 fully saturated rings. The molecule has 3 aromatic carbocycles. The Hall–Kier alpha value is -4.04. The Morgan fingerprint density at radius 3 is 1.60 bits per heavy atom. The van der Waals surface area contributed by atoms with Crippen LogP contribution in [-0.2, 0) is 27.1 Å². The summed E-state index contributed by atoms with van der Waals surface area (Å²) < 4.78 is 29.2. The van der Waals surface area contributed by atoms with E-state index in [4.69, 9.17) is 23.7 Å². The number of para-hydroxylation sites is 2. The van der Waals surface area contributed by atoms with E-state index in [1.807, 2.05) is 30.6 Å². The normalized spacial score (nSPS) is 15.4. The molecule has 0 bridgehead atoms. The number of fused-ring (bicyclic) bond motifs is 3. The van der Waals surface area contributed by atoms with Crippen LogP contribution in [0.25, 0.3) is 21.8 Å². The first-order chi connectivity index (χ1) is 20.8. The van der Waals surface area contributed by atoms with Crippen molar-refractivity contribution >= 4 is 21.8 Å². The Labute approximate surface area is 246 Å². The van der Waals surface area contributed by atoms with Crippen LogP contribution >= 0.6 is 0 Å². The van der Waals surface area contributed by atoms with E-state index >= 15 is 0 Å². The van der Waals surface area contributed by atoms with Gasteiger partial charge < -0.3 is 23.7 Å². The van der Waals surface area contributed by atoms with Crippen molar-refractivity contribution in [2.45, 2.75) is 18.8 Å². The van der Waals surface area contributed by atoms with Crippen molar-refractivity contribution in [3.8, 4) is 11.5 Å². The van der Waals surface area contributed by atoms with Gasteiger partial charge in [0.05, 0.1) is 50.7 Å². The average Bonchev–Trinajstić information content (AvgIpc) is 3.04. The fourth-order valence-corrected chi connectivity index (χ4v) is 5.48. The number of ether oxygens (including phenoxy) is 5. The Morgan fingerprint density at radius 1 is 0.524 bits per heavy atom. The van der Waals surface area contributed by atoms with Gasteiger partial charge in [0.1, 0.15) is 13.2 Å². The maximum Gasteiger partial charge on any atom is 0.161 e. The van der Waals surface area contributed by atoms with Crippen LogP contribution in [0, 0.1) is 0 Å². The highest BCUT2D eigenvalue weighted by Crippen LogP contribution is 2.36. The molecule has 0 atom stereocenters. The number of aromatic nitrogens is 2. The minimum absolute atomic E-state index is 0.170. The Bertz CT molecular complexity index is 1520. The highest BCUT2D eigenvalue weighted by Gasteiger charge is 2.19. The SMILES string of the molecule is c1ccc2c(CC(Cc3ccnc4ccccc34)c3ccc4c(c3)OCCOCCOCCOCCO4)ccnc2c1. The first-order valence-corrected chi connectivity index (χ1v) is 14.6. The zero-order valence-corrected chi connectivity index (χ0v) is 23.7. The van der Waals surface area contributed by atoms with Crippen molar-refractivity contribution in [2.24, 2.45) is 0 Å². The Morgan fingerprint density at radius 2 is 1.02 bits per heavy atom. The van der Waals surface area contributed by atoms with Crippen molar-refractivity contribution in [2.75, 3.05) is 52.9 Å². The lowest BCUT2D eigenvalue weighted by Crippen LogP contribution is -2.13.